The molecule has 2 heterocycles. The van der Waals surface area contributed by atoms with Crippen molar-refractivity contribution in [2.75, 3.05) is 0 Å². The third-order valence-electron chi connectivity index (χ3n) is 4.48. The first kappa shape index (κ1) is 21.1. The smallest absolute Gasteiger partial charge is 0.287 e. The van der Waals surface area contributed by atoms with E-state index in [1.54, 1.807) is 24.4 Å². The Hall–Kier alpha value is -3.61. The highest BCUT2D eigenvalue weighted by Gasteiger charge is 2.25. The highest BCUT2D eigenvalue weighted by atomic mass is 16.5. The molecule has 0 aliphatic carbocycles. The fourth-order valence-electron chi connectivity index (χ4n) is 2.83. The van der Waals surface area contributed by atoms with Crippen LogP contribution in [-0.2, 0) is 17.9 Å². The van der Waals surface area contributed by atoms with Gasteiger partial charge in [-0.05, 0) is 35.2 Å². The average molecular weight is 407 g/mol. The first-order chi connectivity index (χ1) is 14.5. The van der Waals surface area contributed by atoms with E-state index >= 15 is 0 Å². The Morgan fingerprint density at radius 3 is 2.57 bits per heavy atom. The second kappa shape index (κ2) is 10.2. The molecule has 2 N–H and O–H groups in total. The Kier molecular flexibility index (Phi) is 7.21. The van der Waals surface area contributed by atoms with E-state index in [-0.39, 0.29) is 17.6 Å². The molecule has 1 unspecified atom stereocenters. The Morgan fingerprint density at radius 2 is 1.87 bits per heavy atom. The first-order valence-corrected chi connectivity index (χ1v) is 9.76. The minimum atomic E-state index is -0.682. The number of nitrogens with zero attached hydrogens (tertiary/aromatic N) is 1. The van der Waals surface area contributed by atoms with Gasteiger partial charge in [0.1, 0.15) is 12.6 Å². The van der Waals surface area contributed by atoms with E-state index in [0.717, 1.165) is 11.1 Å². The summed E-state index contributed by atoms with van der Waals surface area (Å²) in [5.74, 6) is -0.131. The van der Waals surface area contributed by atoms with E-state index in [4.69, 9.17) is 9.15 Å². The molecule has 0 fully saturated rings. The van der Waals surface area contributed by atoms with Crippen LogP contribution in [0.4, 0.5) is 0 Å². The van der Waals surface area contributed by atoms with Gasteiger partial charge in [0.15, 0.2) is 5.76 Å². The number of hydrogen-bond acceptors (Lipinski definition) is 5. The van der Waals surface area contributed by atoms with E-state index < -0.39 is 11.9 Å². The Balaban J connectivity index is 1.55. The molecule has 2 amide bonds. The average Bonchev–Trinajstić information content (AvgIpc) is 3.30. The molecule has 0 bridgehead atoms. The summed E-state index contributed by atoms with van der Waals surface area (Å²) in [6, 6.07) is 15.9. The van der Waals surface area contributed by atoms with Crippen molar-refractivity contribution in [2.45, 2.75) is 33.0 Å². The molecule has 7 heteroatoms. The van der Waals surface area contributed by atoms with E-state index in [2.05, 4.69) is 15.6 Å². The van der Waals surface area contributed by atoms with Crippen molar-refractivity contribution >= 4 is 11.8 Å². The topological polar surface area (TPSA) is 93.5 Å². The zero-order chi connectivity index (χ0) is 21.3. The largest absolute Gasteiger partial charge is 0.473 e. The monoisotopic (exact) mass is 407 g/mol. The second-order valence-electron chi connectivity index (χ2n) is 7.17. The van der Waals surface area contributed by atoms with Gasteiger partial charge in [0.05, 0.1) is 6.26 Å². The molecule has 1 atom stereocenters. The molecule has 1 aromatic carbocycles. The molecule has 3 aromatic rings. The van der Waals surface area contributed by atoms with Crippen molar-refractivity contribution in [3.63, 3.8) is 0 Å². The predicted molar refractivity (Wildman–Crippen MR) is 112 cm³/mol. The van der Waals surface area contributed by atoms with E-state index in [1.165, 1.54) is 6.26 Å². The van der Waals surface area contributed by atoms with Gasteiger partial charge in [0.25, 0.3) is 5.91 Å². The van der Waals surface area contributed by atoms with Gasteiger partial charge in [-0.15, -0.1) is 0 Å². The van der Waals surface area contributed by atoms with Gasteiger partial charge in [0, 0.05) is 18.8 Å². The van der Waals surface area contributed by atoms with Crippen LogP contribution in [-0.4, -0.2) is 22.8 Å². The lowest BCUT2D eigenvalue weighted by atomic mass is 10.0. The zero-order valence-electron chi connectivity index (χ0n) is 17.0. The minimum absolute atomic E-state index is 0.0916. The molecular formula is C23H25N3O4. The number of ether oxygens (including phenoxy) is 1. The van der Waals surface area contributed by atoms with Crippen LogP contribution in [0.25, 0.3) is 0 Å². The lowest BCUT2D eigenvalue weighted by molar-refractivity contribution is -0.124. The summed E-state index contributed by atoms with van der Waals surface area (Å²) in [7, 11) is 0. The van der Waals surface area contributed by atoms with Crippen molar-refractivity contribution in [1.82, 2.24) is 15.6 Å². The van der Waals surface area contributed by atoms with Gasteiger partial charge in [-0.3, -0.25) is 9.59 Å². The lowest BCUT2D eigenvalue weighted by Gasteiger charge is -2.21. The number of rotatable bonds is 9. The molecular weight excluding hydrogens is 382 g/mol. The summed E-state index contributed by atoms with van der Waals surface area (Å²) < 4.78 is 10.8. The van der Waals surface area contributed by atoms with Crippen molar-refractivity contribution in [2.24, 2.45) is 5.92 Å². The summed E-state index contributed by atoms with van der Waals surface area (Å²) in [6.45, 7) is 4.45. The molecule has 0 saturated carbocycles. The predicted octanol–water partition coefficient (Wildman–Crippen LogP) is 3.32. The number of pyridine rings is 1. The quantitative estimate of drug-likeness (QED) is 0.568. The molecule has 7 nitrogen and oxygen atoms in total. The zero-order valence-corrected chi connectivity index (χ0v) is 17.0. The molecule has 3 rings (SSSR count). The van der Waals surface area contributed by atoms with Gasteiger partial charge < -0.3 is 19.8 Å². The minimum Gasteiger partial charge on any atom is -0.473 e. The molecule has 0 saturated heterocycles. The van der Waals surface area contributed by atoms with Crippen molar-refractivity contribution in [1.29, 1.82) is 0 Å². The summed E-state index contributed by atoms with van der Waals surface area (Å²) in [5, 5.41) is 5.59. The van der Waals surface area contributed by atoms with E-state index in [9.17, 15) is 9.59 Å². The lowest BCUT2D eigenvalue weighted by Crippen LogP contribution is -2.49. The van der Waals surface area contributed by atoms with Gasteiger partial charge in [0.2, 0.25) is 11.8 Å². The van der Waals surface area contributed by atoms with Gasteiger partial charge in [-0.2, -0.15) is 0 Å². The number of carbonyl (C=O) groups excluding carboxylic acids is 2. The normalized spacial score (nSPS) is 11.7. The number of benzene rings is 1. The maximum Gasteiger partial charge on any atom is 0.287 e. The standard InChI is InChI=1S/C23H25N3O4/c1-16(2)21(26-22(27)19-9-6-12-29-19)23(28)25-14-18-10-11-24-20(13-18)30-15-17-7-4-3-5-8-17/h3-13,16,21H,14-15H2,1-2H3,(H,25,28)(H,26,27). The number of aromatic nitrogens is 1. The van der Waals surface area contributed by atoms with Crippen LogP contribution in [0, 0.1) is 5.92 Å². The fourth-order valence-corrected chi connectivity index (χ4v) is 2.83. The SMILES string of the molecule is CC(C)C(NC(=O)c1ccco1)C(=O)NCc1ccnc(OCc2ccccc2)c1. The maximum atomic E-state index is 12.7. The van der Waals surface area contributed by atoms with Crippen LogP contribution >= 0.6 is 0 Å². The molecule has 0 aliphatic heterocycles. The number of furan rings is 1. The van der Waals surface area contributed by atoms with Crippen LogP contribution in [0.2, 0.25) is 0 Å². The molecule has 0 spiro atoms. The molecule has 0 aliphatic rings. The van der Waals surface area contributed by atoms with Gasteiger partial charge >= 0.3 is 0 Å². The van der Waals surface area contributed by atoms with Crippen LogP contribution in [0.5, 0.6) is 5.88 Å². The van der Waals surface area contributed by atoms with Crippen molar-refractivity contribution < 1.29 is 18.7 Å². The summed E-state index contributed by atoms with van der Waals surface area (Å²) >= 11 is 0. The second-order valence-corrected chi connectivity index (χ2v) is 7.17. The fraction of sp³-hybridized carbons (Fsp3) is 0.261. The maximum absolute atomic E-state index is 12.7. The Bertz CT molecular complexity index is 956. The molecule has 2 aromatic heterocycles. The van der Waals surface area contributed by atoms with E-state index in [0.29, 0.717) is 19.0 Å². The van der Waals surface area contributed by atoms with Crippen LogP contribution in [0.1, 0.15) is 35.5 Å². The van der Waals surface area contributed by atoms with Crippen molar-refractivity contribution in [3.8, 4) is 5.88 Å². The highest BCUT2D eigenvalue weighted by Crippen LogP contribution is 2.12. The summed E-state index contributed by atoms with van der Waals surface area (Å²) in [4.78, 5) is 29.1. The first-order valence-electron chi connectivity index (χ1n) is 9.76. The van der Waals surface area contributed by atoms with Crippen LogP contribution < -0.4 is 15.4 Å². The third kappa shape index (κ3) is 5.94. The number of nitrogens with one attached hydrogen (secondary N) is 2. The highest BCUT2D eigenvalue weighted by molar-refractivity contribution is 5.95. The van der Waals surface area contributed by atoms with Crippen LogP contribution in [0.15, 0.2) is 71.5 Å². The number of amides is 2. The number of carbonyl (C=O) groups is 2. The van der Waals surface area contributed by atoms with Gasteiger partial charge in [-0.1, -0.05) is 44.2 Å². The van der Waals surface area contributed by atoms with E-state index in [1.807, 2.05) is 50.2 Å². The van der Waals surface area contributed by atoms with Gasteiger partial charge in [-0.25, -0.2) is 4.98 Å². The van der Waals surface area contributed by atoms with Crippen LogP contribution in [0.3, 0.4) is 0 Å². The summed E-state index contributed by atoms with van der Waals surface area (Å²) in [5.41, 5.74) is 1.89. The molecule has 30 heavy (non-hydrogen) atoms. The third-order valence-corrected chi connectivity index (χ3v) is 4.48. The molecule has 0 radical (unpaired) electrons. The Morgan fingerprint density at radius 1 is 1.07 bits per heavy atom. The Labute approximate surface area is 175 Å². The van der Waals surface area contributed by atoms with Crippen molar-refractivity contribution in [3.05, 3.63) is 83.9 Å². The summed E-state index contributed by atoms with van der Waals surface area (Å²) in [6.07, 6.45) is 3.06. The molecule has 156 valence electrons. The number of hydrogen-bond donors (Lipinski definition) is 2.